The van der Waals surface area contributed by atoms with E-state index in [2.05, 4.69) is 10.6 Å². The van der Waals surface area contributed by atoms with Gasteiger partial charge in [0.15, 0.2) is 0 Å². The highest BCUT2D eigenvalue weighted by atomic mass is 19.1. The first-order valence-corrected chi connectivity index (χ1v) is 5.63. The van der Waals surface area contributed by atoms with Crippen LogP contribution in [0.15, 0.2) is 24.3 Å². The van der Waals surface area contributed by atoms with Crippen LogP contribution in [0.25, 0.3) is 0 Å². The summed E-state index contributed by atoms with van der Waals surface area (Å²) < 4.78 is 13.3. The second-order valence-electron chi connectivity index (χ2n) is 4.86. The van der Waals surface area contributed by atoms with E-state index in [9.17, 15) is 9.18 Å². The van der Waals surface area contributed by atoms with Crippen molar-refractivity contribution < 1.29 is 9.18 Å². The van der Waals surface area contributed by atoms with Crippen molar-refractivity contribution in [2.75, 3.05) is 20.1 Å². The molecule has 1 amide bonds. The third-order valence-electron chi connectivity index (χ3n) is 2.50. The van der Waals surface area contributed by atoms with Crippen molar-refractivity contribution in [1.29, 1.82) is 0 Å². The summed E-state index contributed by atoms with van der Waals surface area (Å²) in [6, 6.07) is 5.98. The largest absolute Gasteiger partial charge is 0.351 e. The number of halogens is 1. The van der Waals surface area contributed by atoms with E-state index >= 15 is 0 Å². The Kier molecular flexibility index (Phi) is 4.63. The van der Waals surface area contributed by atoms with Crippen LogP contribution in [0.1, 0.15) is 24.2 Å². The molecular weight excluding hydrogens is 219 g/mol. The fourth-order valence-corrected chi connectivity index (χ4v) is 1.60. The molecule has 94 valence electrons. The molecule has 0 heterocycles. The molecule has 0 aliphatic rings. The number of carbonyl (C=O) groups excluding carboxylic acids is 1. The molecule has 0 atom stereocenters. The lowest BCUT2D eigenvalue weighted by atomic mass is 9.93. The first kappa shape index (κ1) is 13.6. The molecule has 0 aliphatic heterocycles. The second-order valence-corrected chi connectivity index (χ2v) is 4.86. The minimum absolute atomic E-state index is 0.0599. The quantitative estimate of drug-likeness (QED) is 0.821. The molecule has 0 bridgehead atoms. The second kappa shape index (κ2) is 5.77. The van der Waals surface area contributed by atoms with Gasteiger partial charge in [0.25, 0.3) is 5.91 Å². The summed E-state index contributed by atoms with van der Waals surface area (Å²) in [4.78, 5) is 11.7. The Hall–Kier alpha value is -1.42. The monoisotopic (exact) mass is 238 g/mol. The standard InChI is InChI=1S/C13H19FN2O/c1-13(2,8-15-3)9-16-12(17)10-6-4-5-7-11(10)14/h4-7,15H,8-9H2,1-3H3,(H,16,17). The van der Waals surface area contributed by atoms with Gasteiger partial charge in [-0.25, -0.2) is 4.39 Å². The molecule has 1 rings (SSSR count). The van der Waals surface area contributed by atoms with Crippen molar-refractivity contribution in [3.63, 3.8) is 0 Å². The van der Waals surface area contributed by atoms with Gasteiger partial charge in [-0.2, -0.15) is 0 Å². The van der Waals surface area contributed by atoms with E-state index in [0.29, 0.717) is 6.54 Å². The molecule has 1 aromatic rings. The molecule has 4 heteroatoms. The maximum Gasteiger partial charge on any atom is 0.254 e. The number of hydrogen-bond donors (Lipinski definition) is 2. The molecule has 0 radical (unpaired) electrons. The maximum atomic E-state index is 13.3. The summed E-state index contributed by atoms with van der Waals surface area (Å²) in [5, 5.41) is 5.80. The van der Waals surface area contributed by atoms with Gasteiger partial charge in [0, 0.05) is 13.1 Å². The van der Waals surface area contributed by atoms with E-state index in [1.54, 1.807) is 12.1 Å². The molecule has 2 N–H and O–H groups in total. The van der Waals surface area contributed by atoms with Crippen LogP contribution >= 0.6 is 0 Å². The normalized spacial score (nSPS) is 11.3. The topological polar surface area (TPSA) is 41.1 Å². The summed E-state index contributed by atoms with van der Waals surface area (Å²) in [7, 11) is 1.86. The van der Waals surface area contributed by atoms with Crippen LogP contribution in [0.3, 0.4) is 0 Å². The Balaban J connectivity index is 2.59. The molecule has 0 aromatic heterocycles. The van der Waals surface area contributed by atoms with E-state index in [0.717, 1.165) is 6.54 Å². The fourth-order valence-electron chi connectivity index (χ4n) is 1.60. The van der Waals surface area contributed by atoms with E-state index in [4.69, 9.17) is 0 Å². The Morgan fingerprint density at radius 1 is 1.29 bits per heavy atom. The van der Waals surface area contributed by atoms with Gasteiger partial charge in [-0.05, 0) is 24.6 Å². The molecule has 0 fully saturated rings. The smallest absolute Gasteiger partial charge is 0.254 e. The van der Waals surface area contributed by atoms with Gasteiger partial charge in [0.05, 0.1) is 5.56 Å². The number of nitrogens with one attached hydrogen (secondary N) is 2. The minimum Gasteiger partial charge on any atom is -0.351 e. The number of amides is 1. The zero-order valence-corrected chi connectivity index (χ0v) is 10.5. The van der Waals surface area contributed by atoms with Crippen LogP contribution in [0.5, 0.6) is 0 Å². The Morgan fingerprint density at radius 2 is 1.94 bits per heavy atom. The summed E-state index contributed by atoms with van der Waals surface area (Å²) in [6.07, 6.45) is 0. The Labute approximate surface area is 101 Å². The van der Waals surface area contributed by atoms with Gasteiger partial charge >= 0.3 is 0 Å². The highest BCUT2D eigenvalue weighted by molar-refractivity contribution is 5.94. The van der Waals surface area contributed by atoms with Crippen molar-refractivity contribution in [2.24, 2.45) is 5.41 Å². The molecule has 17 heavy (non-hydrogen) atoms. The average molecular weight is 238 g/mol. The van der Waals surface area contributed by atoms with E-state index < -0.39 is 5.82 Å². The van der Waals surface area contributed by atoms with Crippen molar-refractivity contribution in [3.8, 4) is 0 Å². The lowest BCUT2D eigenvalue weighted by molar-refractivity contribution is 0.0932. The van der Waals surface area contributed by atoms with Crippen molar-refractivity contribution >= 4 is 5.91 Å². The summed E-state index contributed by atoms with van der Waals surface area (Å²) in [5.41, 5.74) is 0.0307. The molecule has 0 spiro atoms. The van der Waals surface area contributed by atoms with Crippen molar-refractivity contribution in [1.82, 2.24) is 10.6 Å². The zero-order chi connectivity index (χ0) is 12.9. The predicted octanol–water partition coefficient (Wildman–Crippen LogP) is 1.80. The van der Waals surface area contributed by atoms with Crippen molar-refractivity contribution in [3.05, 3.63) is 35.6 Å². The molecule has 0 aliphatic carbocycles. The SMILES string of the molecule is CNCC(C)(C)CNC(=O)c1ccccc1F. The van der Waals surface area contributed by atoms with Crippen LogP contribution in [-0.4, -0.2) is 26.0 Å². The number of benzene rings is 1. The summed E-state index contributed by atoms with van der Waals surface area (Å²) in [5.74, 6) is -0.858. The van der Waals surface area contributed by atoms with Gasteiger partial charge in [0.2, 0.25) is 0 Å². The average Bonchev–Trinajstić information content (AvgIpc) is 2.27. The van der Waals surface area contributed by atoms with Gasteiger partial charge in [0.1, 0.15) is 5.82 Å². The van der Waals surface area contributed by atoms with Gasteiger partial charge in [-0.15, -0.1) is 0 Å². The molecular formula is C13H19FN2O. The van der Waals surface area contributed by atoms with E-state index in [1.165, 1.54) is 12.1 Å². The van der Waals surface area contributed by atoms with Gasteiger partial charge < -0.3 is 10.6 Å². The zero-order valence-electron chi connectivity index (χ0n) is 10.5. The predicted molar refractivity (Wildman–Crippen MR) is 66.4 cm³/mol. The number of carbonyl (C=O) groups is 1. The van der Waals surface area contributed by atoms with E-state index in [-0.39, 0.29) is 16.9 Å². The van der Waals surface area contributed by atoms with Crippen LogP contribution in [0, 0.1) is 11.2 Å². The van der Waals surface area contributed by atoms with Gasteiger partial charge in [-0.1, -0.05) is 26.0 Å². The molecule has 3 nitrogen and oxygen atoms in total. The first-order chi connectivity index (χ1) is 7.96. The maximum absolute atomic E-state index is 13.3. The van der Waals surface area contributed by atoms with Crippen LogP contribution in [0.4, 0.5) is 4.39 Å². The highest BCUT2D eigenvalue weighted by Crippen LogP contribution is 2.12. The summed E-state index contributed by atoms with van der Waals surface area (Å²) in [6.45, 7) is 5.35. The highest BCUT2D eigenvalue weighted by Gasteiger charge is 2.19. The van der Waals surface area contributed by atoms with Crippen LogP contribution in [0.2, 0.25) is 0 Å². The number of rotatable bonds is 5. The van der Waals surface area contributed by atoms with Gasteiger partial charge in [-0.3, -0.25) is 4.79 Å². The Bertz CT molecular complexity index is 391. The fraction of sp³-hybridized carbons (Fsp3) is 0.462. The molecule has 0 unspecified atom stereocenters. The van der Waals surface area contributed by atoms with Crippen LogP contribution < -0.4 is 10.6 Å². The summed E-state index contributed by atoms with van der Waals surface area (Å²) >= 11 is 0. The minimum atomic E-state index is -0.489. The first-order valence-electron chi connectivity index (χ1n) is 5.63. The third kappa shape index (κ3) is 4.15. The van der Waals surface area contributed by atoms with Crippen molar-refractivity contribution in [2.45, 2.75) is 13.8 Å². The molecule has 0 saturated heterocycles. The third-order valence-corrected chi connectivity index (χ3v) is 2.50. The molecule has 1 aromatic carbocycles. The lowest BCUT2D eigenvalue weighted by Gasteiger charge is -2.24. The van der Waals surface area contributed by atoms with E-state index in [1.807, 2.05) is 20.9 Å². The lowest BCUT2D eigenvalue weighted by Crippen LogP contribution is -2.39. The Morgan fingerprint density at radius 3 is 2.53 bits per heavy atom. The van der Waals surface area contributed by atoms with Crippen LogP contribution in [-0.2, 0) is 0 Å². The number of hydrogen-bond acceptors (Lipinski definition) is 2. The molecule has 0 saturated carbocycles.